The molecule has 0 aromatic carbocycles. The van der Waals surface area contributed by atoms with E-state index in [1.54, 1.807) is 0 Å². The monoisotopic (exact) mass is 352 g/mol. The molecule has 0 spiro atoms. The van der Waals surface area contributed by atoms with Crippen LogP contribution in [0.15, 0.2) is 0 Å². The maximum atomic E-state index is 12.5. The summed E-state index contributed by atoms with van der Waals surface area (Å²) in [5.74, 6) is 0.248. The van der Waals surface area contributed by atoms with Gasteiger partial charge in [-0.25, -0.2) is 4.79 Å². The number of imide groups is 1. The Morgan fingerprint density at radius 2 is 1.88 bits per heavy atom. The third kappa shape index (κ3) is 4.71. The predicted octanol–water partition coefficient (Wildman–Crippen LogP) is 1.34. The molecular weight excluding hydrogens is 320 g/mol. The zero-order valence-electron chi connectivity index (χ0n) is 15.8. The van der Waals surface area contributed by atoms with Gasteiger partial charge in [0, 0.05) is 6.54 Å². The molecule has 0 aromatic rings. The van der Waals surface area contributed by atoms with Gasteiger partial charge >= 0.3 is 6.03 Å². The molecule has 7 nitrogen and oxygen atoms in total. The molecule has 0 aromatic heterocycles. The Balaban J connectivity index is 1.70. The van der Waals surface area contributed by atoms with Crippen molar-refractivity contribution in [3.63, 3.8) is 0 Å². The van der Waals surface area contributed by atoms with E-state index >= 15 is 0 Å². The molecule has 2 aliphatic rings. The average molecular weight is 352 g/mol. The highest BCUT2D eigenvalue weighted by molar-refractivity contribution is 6.08. The van der Waals surface area contributed by atoms with Crippen molar-refractivity contribution in [3.8, 4) is 0 Å². The number of carbonyl (C=O) groups is 3. The van der Waals surface area contributed by atoms with Crippen molar-refractivity contribution in [2.24, 2.45) is 5.92 Å². The van der Waals surface area contributed by atoms with Crippen LogP contribution in [0.3, 0.4) is 0 Å². The highest BCUT2D eigenvalue weighted by atomic mass is 16.2. The van der Waals surface area contributed by atoms with Gasteiger partial charge in [0.25, 0.3) is 5.91 Å². The van der Waals surface area contributed by atoms with Gasteiger partial charge in [-0.2, -0.15) is 0 Å². The largest absolute Gasteiger partial charge is 0.354 e. The maximum absolute atomic E-state index is 12.5. The van der Waals surface area contributed by atoms with Crippen molar-refractivity contribution in [1.82, 2.24) is 20.4 Å². The fourth-order valence-corrected chi connectivity index (χ4v) is 3.56. The molecule has 4 amide bonds. The second kappa shape index (κ2) is 8.65. The number of carbonyl (C=O) groups excluding carboxylic acids is 3. The van der Waals surface area contributed by atoms with E-state index in [2.05, 4.69) is 22.5 Å². The number of piperidine rings is 1. The number of urea groups is 1. The zero-order valence-corrected chi connectivity index (χ0v) is 15.8. The summed E-state index contributed by atoms with van der Waals surface area (Å²) in [7, 11) is 0. The van der Waals surface area contributed by atoms with Crippen LogP contribution in [0.4, 0.5) is 4.79 Å². The Hall–Kier alpha value is -1.63. The first-order valence-corrected chi connectivity index (χ1v) is 9.55. The van der Waals surface area contributed by atoms with Crippen molar-refractivity contribution in [3.05, 3.63) is 0 Å². The topological polar surface area (TPSA) is 81.8 Å². The van der Waals surface area contributed by atoms with E-state index < -0.39 is 11.6 Å². The first-order chi connectivity index (χ1) is 11.9. The van der Waals surface area contributed by atoms with E-state index in [1.165, 1.54) is 12.8 Å². The molecule has 2 heterocycles. The molecule has 2 saturated heterocycles. The van der Waals surface area contributed by atoms with Crippen molar-refractivity contribution < 1.29 is 14.4 Å². The Morgan fingerprint density at radius 1 is 1.24 bits per heavy atom. The van der Waals surface area contributed by atoms with Gasteiger partial charge in [0.05, 0.1) is 0 Å². The van der Waals surface area contributed by atoms with Gasteiger partial charge in [0.1, 0.15) is 12.1 Å². The third-order valence-corrected chi connectivity index (χ3v) is 5.60. The average Bonchev–Trinajstić information content (AvgIpc) is 2.85. The zero-order chi connectivity index (χ0) is 18.4. The van der Waals surface area contributed by atoms with Crippen LogP contribution in [0.2, 0.25) is 0 Å². The number of likely N-dealkylation sites (tertiary alicyclic amines) is 1. The molecule has 0 radical (unpaired) electrons. The summed E-state index contributed by atoms with van der Waals surface area (Å²) in [5, 5.41) is 5.56. The number of nitrogens with one attached hydrogen (secondary N) is 2. The minimum atomic E-state index is -0.844. The summed E-state index contributed by atoms with van der Waals surface area (Å²) in [5.41, 5.74) is -0.844. The molecular formula is C18H32N4O3. The van der Waals surface area contributed by atoms with Crippen molar-refractivity contribution in [1.29, 1.82) is 0 Å². The van der Waals surface area contributed by atoms with Gasteiger partial charge in [0.2, 0.25) is 5.91 Å². The first-order valence-electron chi connectivity index (χ1n) is 9.55. The van der Waals surface area contributed by atoms with E-state index in [1.807, 2.05) is 13.8 Å². The van der Waals surface area contributed by atoms with Crippen LogP contribution in [0.25, 0.3) is 0 Å². The Kier molecular flexibility index (Phi) is 6.81. The lowest BCUT2D eigenvalue weighted by atomic mass is 9.93. The summed E-state index contributed by atoms with van der Waals surface area (Å²) >= 11 is 0. The second-order valence-electron chi connectivity index (χ2n) is 7.34. The molecule has 0 saturated carbocycles. The summed E-state index contributed by atoms with van der Waals surface area (Å²) in [6.45, 7) is 9.64. The molecule has 0 bridgehead atoms. The quantitative estimate of drug-likeness (QED) is 0.510. The highest BCUT2D eigenvalue weighted by Crippen LogP contribution is 2.24. The lowest BCUT2D eigenvalue weighted by molar-refractivity contribution is -0.135. The molecule has 2 fully saturated rings. The van der Waals surface area contributed by atoms with Crippen LogP contribution in [0.1, 0.15) is 52.9 Å². The van der Waals surface area contributed by atoms with E-state index in [9.17, 15) is 14.4 Å². The Morgan fingerprint density at radius 3 is 2.44 bits per heavy atom. The molecule has 142 valence electrons. The van der Waals surface area contributed by atoms with Crippen molar-refractivity contribution in [2.75, 3.05) is 32.7 Å². The summed E-state index contributed by atoms with van der Waals surface area (Å²) in [6, 6.07) is -0.466. The minimum Gasteiger partial charge on any atom is -0.354 e. The minimum absolute atomic E-state index is 0.201. The standard InChI is InChI=1S/C18H32N4O3/c1-4-18(5-2)16(24)22(17(25)20-18)13-15(23)19-9-6-10-21-11-7-14(3)8-12-21/h14H,4-13H2,1-3H3,(H,19,23)(H,20,25). The fourth-order valence-electron chi connectivity index (χ4n) is 3.56. The van der Waals surface area contributed by atoms with Gasteiger partial charge in [-0.05, 0) is 57.7 Å². The third-order valence-electron chi connectivity index (χ3n) is 5.60. The molecule has 2 aliphatic heterocycles. The number of hydrogen-bond donors (Lipinski definition) is 2. The van der Waals surface area contributed by atoms with Gasteiger partial charge in [-0.1, -0.05) is 20.8 Å². The van der Waals surface area contributed by atoms with Crippen LogP contribution < -0.4 is 10.6 Å². The Bertz CT molecular complexity index is 497. The lowest BCUT2D eigenvalue weighted by Crippen LogP contribution is -2.46. The SMILES string of the molecule is CCC1(CC)NC(=O)N(CC(=O)NCCCN2CCC(C)CC2)C1=O. The molecule has 0 aliphatic carbocycles. The van der Waals surface area contributed by atoms with Crippen molar-refractivity contribution >= 4 is 17.8 Å². The molecule has 25 heavy (non-hydrogen) atoms. The summed E-state index contributed by atoms with van der Waals surface area (Å²) in [4.78, 5) is 40.0. The van der Waals surface area contributed by atoms with Gasteiger partial charge in [0.15, 0.2) is 0 Å². The van der Waals surface area contributed by atoms with E-state index in [0.717, 1.165) is 36.9 Å². The number of rotatable bonds is 8. The molecule has 2 rings (SSSR count). The molecule has 7 heteroatoms. The summed E-state index contributed by atoms with van der Waals surface area (Å²) < 4.78 is 0. The Labute approximate surface area is 150 Å². The molecule has 0 atom stereocenters. The van der Waals surface area contributed by atoms with Crippen LogP contribution in [-0.2, 0) is 9.59 Å². The van der Waals surface area contributed by atoms with E-state index in [0.29, 0.717) is 19.4 Å². The second-order valence-corrected chi connectivity index (χ2v) is 7.34. The van der Waals surface area contributed by atoms with Crippen molar-refractivity contribution in [2.45, 2.75) is 58.4 Å². The van der Waals surface area contributed by atoms with Crippen LogP contribution in [0, 0.1) is 5.92 Å². The van der Waals surface area contributed by atoms with Crippen LogP contribution in [0.5, 0.6) is 0 Å². The van der Waals surface area contributed by atoms with Gasteiger partial charge < -0.3 is 15.5 Å². The maximum Gasteiger partial charge on any atom is 0.325 e. The lowest BCUT2D eigenvalue weighted by Gasteiger charge is -2.30. The summed E-state index contributed by atoms with van der Waals surface area (Å²) in [6.07, 6.45) is 4.43. The predicted molar refractivity (Wildman–Crippen MR) is 96.0 cm³/mol. The fraction of sp³-hybridized carbons (Fsp3) is 0.833. The van der Waals surface area contributed by atoms with E-state index in [4.69, 9.17) is 0 Å². The number of hydrogen-bond acceptors (Lipinski definition) is 4. The van der Waals surface area contributed by atoms with Crippen LogP contribution in [-0.4, -0.2) is 65.9 Å². The smallest absolute Gasteiger partial charge is 0.325 e. The van der Waals surface area contributed by atoms with Gasteiger partial charge in [-0.15, -0.1) is 0 Å². The first kappa shape index (κ1) is 19.7. The normalized spacial score (nSPS) is 21.5. The highest BCUT2D eigenvalue weighted by Gasteiger charge is 2.49. The van der Waals surface area contributed by atoms with E-state index in [-0.39, 0.29) is 18.4 Å². The van der Waals surface area contributed by atoms with Gasteiger partial charge in [-0.3, -0.25) is 14.5 Å². The van der Waals surface area contributed by atoms with Crippen LogP contribution >= 0.6 is 0 Å². The molecule has 2 N–H and O–H groups in total. The molecule has 0 unspecified atom stereocenters. The number of amides is 4. The number of nitrogens with zero attached hydrogens (tertiary/aromatic N) is 2.